The molecule has 6 heteroatoms. The SMILES string of the molecule is CCN(Cc1ccccc1)S(=O)(=O)c1ccc(Br)s1. The van der Waals surface area contributed by atoms with Crippen LogP contribution in [0.15, 0.2) is 50.5 Å². The zero-order valence-electron chi connectivity index (χ0n) is 10.4. The van der Waals surface area contributed by atoms with Crippen molar-refractivity contribution in [1.82, 2.24) is 4.31 Å². The quantitative estimate of drug-likeness (QED) is 0.815. The summed E-state index contributed by atoms with van der Waals surface area (Å²) in [7, 11) is -3.41. The fraction of sp³-hybridized carbons (Fsp3) is 0.231. The van der Waals surface area contributed by atoms with Gasteiger partial charge in [-0.3, -0.25) is 0 Å². The van der Waals surface area contributed by atoms with Crippen LogP contribution in [0.5, 0.6) is 0 Å². The molecule has 0 amide bonds. The molecule has 0 bridgehead atoms. The molecular formula is C13H14BrNO2S2. The molecule has 102 valence electrons. The van der Waals surface area contributed by atoms with Crippen molar-refractivity contribution in [1.29, 1.82) is 0 Å². The van der Waals surface area contributed by atoms with E-state index in [2.05, 4.69) is 15.9 Å². The van der Waals surface area contributed by atoms with Crippen LogP contribution in [-0.4, -0.2) is 19.3 Å². The highest BCUT2D eigenvalue weighted by atomic mass is 79.9. The van der Waals surface area contributed by atoms with Crippen molar-refractivity contribution in [2.24, 2.45) is 0 Å². The van der Waals surface area contributed by atoms with Gasteiger partial charge in [0, 0.05) is 13.1 Å². The number of sulfonamides is 1. The largest absolute Gasteiger partial charge is 0.252 e. The van der Waals surface area contributed by atoms with Gasteiger partial charge in [0.15, 0.2) is 0 Å². The molecule has 19 heavy (non-hydrogen) atoms. The van der Waals surface area contributed by atoms with Crippen LogP contribution in [-0.2, 0) is 16.6 Å². The number of thiophene rings is 1. The summed E-state index contributed by atoms with van der Waals surface area (Å²) in [5.41, 5.74) is 0.989. The van der Waals surface area contributed by atoms with Gasteiger partial charge in [0.05, 0.1) is 3.79 Å². The van der Waals surface area contributed by atoms with E-state index in [0.29, 0.717) is 17.3 Å². The van der Waals surface area contributed by atoms with Gasteiger partial charge in [0.25, 0.3) is 10.0 Å². The van der Waals surface area contributed by atoms with E-state index in [1.807, 2.05) is 37.3 Å². The fourth-order valence-corrected chi connectivity index (χ4v) is 5.32. The van der Waals surface area contributed by atoms with Crippen molar-refractivity contribution in [3.63, 3.8) is 0 Å². The highest BCUT2D eigenvalue weighted by Crippen LogP contribution is 2.29. The molecule has 1 heterocycles. The van der Waals surface area contributed by atoms with Crippen LogP contribution in [0, 0.1) is 0 Å². The number of nitrogens with zero attached hydrogens (tertiary/aromatic N) is 1. The molecular weight excluding hydrogens is 346 g/mol. The van der Waals surface area contributed by atoms with Gasteiger partial charge < -0.3 is 0 Å². The summed E-state index contributed by atoms with van der Waals surface area (Å²) in [5.74, 6) is 0. The lowest BCUT2D eigenvalue weighted by molar-refractivity contribution is 0.425. The lowest BCUT2D eigenvalue weighted by Gasteiger charge is -2.19. The van der Waals surface area contributed by atoms with Crippen molar-refractivity contribution in [2.45, 2.75) is 17.7 Å². The zero-order chi connectivity index (χ0) is 13.9. The second-order valence-corrected chi connectivity index (χ2v) is 8.60. The molecule has 2 rings (SSSR count). The predicted octanol–water partition coefficient (Wildman–Crippen LogP) is 3.72. The van der Waals surface area contributed by atoms with E-state index in [0.717, 1.165) is 9.35 Å². The maximum atomic E-state index is 12.5. The Balaban J connectivity index is 2.27. The van der Waals surface area contributed by atoms with Gasteiger partial charge in [-0.1, -0.05) is 37.3 Å². The van der Waals surface area contributed by atoms with Gasteiger partial charge in [-0.05, 0) is 33.6 Å². The number of benzene rings is 1. The van der Waals surface area contributed by atoms with E-state index in [9.17, 15) is 8.42 Å². The molecule has 0 unspecified atom stereocenters. The van der Waals surface area contributed by atoms with Gasteiger partial charge in [-0.2, -0.15) is 4.31 Å². The Morgan fingerprint density at radius 1 is 1.16 bits per heavy atom. The molecule has 0 saturated carbocycles. The molecule has 0 spiro atoms. The van der Waals surface area contributed by atoms with Crippen molar-refractivity contribution >= 4 is 37.3 Å². The minimum absolute atomic E-state index is 0.372. The van der Waals surface area contributed by atoms with Gasteiger partial charge in [-0.25, -0.2) is 8.42 Å². The summed E-state index contributed by atoms with van der Waals surface area (Å²) in [6.45, 7) is 2.70. The predicted molar refractivity (Wildman–Crippen MR) is 81.7 cm³/mol. The zero-order valence-corrected chi connectivity index (χ0v) is 13.6. The van der Waals surface area contributed by atoms with Crippen LogP contribution in [0.25, 0.3) is 0 Å². The van der Waals surface area contributed by atoms with Crippen LogP contribution < -0.4 is 0 Å². The molecule has 3 nitrogen and oxygen atoms in total. The van der Waals surface area contributed by atoms with E-state index in [1.54, 1.807) is 12.1 Å². The molecule has 0 fully saturated rings. The lowest BCUT2D eigenvalue weighted by atomic mass is 10.2. The minimum Gasteiger partial charge on any atom is -0.206 e. The molecule has 1 aromatic carbocycles. The monoisotopic (exact) mass is 359 g/mol. The summed E-state index contributed by atoms with van der Waals surface area (Å²) in [6.07, 6.45) is 0. The first-order valence-electron chi connectivity index (χ1n) is 5.83. The highest BCUT2D eigenvalue weighted by molar-refractivity contribution is 9.11. The van der Waals surface area contributed by atoms with E-state index < -0.39 is 10.0 Å². The third-order valence-corrected chi connectivity index (χ3v) is 6.71. The molecule has 0 N–H and O–H groups in total. The summed E-state index contributed by atoms with van der Waals surface area (Å²) in [5, 5.41) is 0. The topological polar surface area (TPSA) is 37.4 Å². The smallest absolute Gasteiger partial charge is 0.206 e. The Morgan fingerprint density at radius 2 is 1.84 bits per heavy atom. The first-order chi connectivity index (χ1) is 9.04. The second-order valence-electron chi connectivity index (χ2n) is 3.98. The molecule has 0 aliphatic carbocycles. The van der Waals surface area contributed by atoms with Crippen LogP contribution in [0.1, 0.15) is 12.5 Å². The van der Waals surface area contributed by atoms with Gasteiger partial charge in [0.1, 0.15) is 4.21 Å². The average molecular weight is 360 g/mol. The molecule has 1 aromatic heterocycles. The van der Waals surface area contributed by atoms with Gasteiger partial charge >= 0.3 is 0 Å². The number of halogens is 1. The summed E-state index contributed by atoms with van der Waals surface area (Å²) < 4.78 is 27.7. The molecule has 0 atom stereocenters. The third-order valence-electron chi connectivity index (χ3n) is 2.70. The third kappa shape index (κ3) is 3.45. The maximum Gasteiger partial charge on any atom is 0.252 e. The van der Waals surface area contributed by atoms with E-state index in [1.165, 1.54) is 15.6 Å². The lowest BCUT2D eigenvalue weighted by Crippen LogP contribution is -2.29. The van der Waals surface area contributed by atoms with Crippen molar-refractivity contribution in [2.75, 3.05) is 6.54 Å². The Morgan fingerprint density at radius 3 is 2.37 bits per heavy atom. The second kappa shape index (κ2) is 6.17. The highest BCUT2D eigenvalue weighted by Gasteiger charge is 2.24. The summed E-state index contributed by atoms with van der Waals surface area (Å²) in [6, 6.07) is 13.0. The van der Waals surface area contributed by atoms with Crippen LogP contribution in [0.4, 0.5) is 0 Å². The molecule has 0 aliphatic heterocycles. The van der Waals surface area contributed by atoms with E-state index in [4.69, 9.17) is 0 Å². The van der Waals surface area contributed by atoms with E-state index in [-0.39, 0.29) is 0 Å². The van der Waals surface area contributed by atoms with E-state index >= 15 is 0 Å². The van der Waals surface area contributed by atoms with Gasteiger partial charge in [-0.15, -0.1) is 11.3 Å². The van der Waals surface area contributed by atoms with Crippen LogP contribution >= 0.6 is 27.3 Å². The van der Waals surface area contributed by atoms with Crippen molar-refractivity contribution in [3.05, 3.63) is 51.8 Å². The number of hydrogen-bond acceptors (Lipinski definition) is 3. The fourth-order valence-electron chi connectivity index (χ4n) is 1.72. The standard InChI is InChI=1S/C13H14BrNO2S2/c1-2-15(10-11-6-4-3-5-7-11)19(16,17)13-9-8-12(14)18-13/h3-9H,2,10H2,1H3. The Kier molecular flexibility index (Phi) is 4.78. The van der Waals surface area contributed by atoms with Crippen molar-refractivity contribution in [3.8, 4) is 0 Å². The summed E-state index contributed by atoms with van der Waals surface area (Å²) in [4.78, 5) is 0. The Labute approximate surface area is 126 Å². The molecule has 0 radical (unpaired) electrons. The molecule has 0 aliphatic rings. The first kappa shape index (κ1) is 14.7. The molecule has 2 aromatic rings. The minimum atomic E-state index is -3.41. The number of rotatable bonds is 5. The normalized spacial score (nSPS) is 11.9. The molecule has 0 saturated heterocycles. The van der Waals surface area contributed by atoms with Crippen LogP contribution in [0.2, 0.25) is 0 Å². The summed E-state index contributed by atoms with van der Waals surface area (Å²) >= 11 is 4.53. The Bertz CT molecular complexity index is 638. The van der Waals surface area contributed by atoms with Gasteiger partial charge in [0.2, 0.25) is 0 Å². The van der Waals surface area contributed by atoms with Crippen LogP contribution in [0.3, 0.4) is 0 Å². The van der Waals surface area contributed by atoms with Crippen molar-refractivity contribution < 1.29 is 8.42 Å². The maximum absolute atomic E-state index is 12.5. The Hall–Kier alpha value is -0.690. The average Bonchev–Trinajstić information content (AvgIpc) is 2.84. The number of hydrogen-bond donors (Lipinski definition) is 0. The first-order valence-corrected chi connectivity index (χ1v) is 8.88.